The van der Waals surface area contributed by atoms with Crippen LogP contribution in [0, 0.1) is 0 Å². The van der Waals surface area contributed by atoms with Crippen LogP contribution in [0.2, 0.25) is 15.1 Å². The number of ether oxygens (including phenoxy) is 1. The van der Waals surface area contributed by atoms with Gasteiger partial charge in [-0.3, -0.25) is 12.9 Å². The van der Waals surface area contributed by atoms with Crippen LogP contribution in [0.15, 0.2) is 42.7 Å². The molecule has 2 aliphatic rings. The van der Waals surface area contributed by atoms with Gasteiger partial charge in [0.1, 0.15) is 18.8 Å². The van der Waals surface area contributed by atoms with Gasteiger partial charge in [-0.05, 0) is 23.3 Å². The highest BCUT2D eigenvalue weighted by molar-refractivity contribution is 6.40. The second kappa shape index (κ2) is 9.14. The van der Waals surface area contributed by atoms with Gasteiger partial charge in [0, 0.05) is 16.5 Å². The predicted octanol–water partition coefficient (Wildman–Crippen LogP) is 2.05. The topological polar surface area (TPSA) is 30.9 Å². The molecule has 4 nitrogen and oxygen atoms in total. The summed E-state index contributed by atoms with van der Waals surface area (Å²) in [6.07, 6.45) is 2.99. The molecule has 0 radical (unpaired) electrons. The number of halogens is 7. The summed E-state index contributed by atoms with van der Waals surface area (Å²) < 4.78 is 38.9. The minimum absolute atomic E-state index is 0. The Morgan fingerprint density at radius 1 is 1.10 bits per heavy atom. The van der Waals surface area contributed by atoms with Crippen LogP contribution in [0.4, 0.5) is 12.9 Å². The lowest BCUT2D eigenvalue weighted by Gasteiger charge is -2.23. The number of nitrogens with zero attached hydrogens (tertiary/aromatic N) is 3. The molecule has 1 aromatic heterocycles. The Balaban J connectivity index is 0.000000473. The molecule has 158 valence electrons. The van der Waals surface area contributed by atoms with Gasteiger partial charge in [0.15, 0.2) is 5.69 Å². The number of hydrogen-bond donors (Lipinski definition) is 0. The molecule has 30 heavy (non-hydrogen) atoms. The van der Waals surface area contributed by atoms with Crippen LogP contribution in [-0.2, 0) is 17.8 Å². The van der Waals surface area contributed by atoms with Gasteiger partial charge in [0.25, 0.3) is 0 Å². The fraction of sp³-hybridized carbons (Fsp3) is 0.222. The molecule has 2 unspecified atom stereocenters. The first kappa shape index (κ1) is 22.9. The molecule has 12 heteroatoms. The second-order valence-electron chi connectivity index (χ2n) is 6.55. The molecular formula is C18H13BCl3F4N3O. The van der Waals surface area contributed by atoms with E-state index in [9.17, 15) is 12.9 Å². The molecule has 3 aromatic rings. The molecule has 1 aliphatic heterocycles. The van der Waals surface area contributed by atoms with Crippen molar-refractivity contribution in [2.24, 2.45) is 0 Å². The fourth-order valence-corrected chi connectivity index (χ4v) is 4.77. The van der Waals surface area contributed by atoms with E-state index in [1.807, 2.05) is 6.33 Å². The molecular weight excluding hydrogens is 467 g/mol. The lowest BCUT2D eigenvalue weighted by Crippen LogP contribution is -3.00. The maximum atomic E-state index is 9.67. The summed E-state index contributed by atoms with van der Waals surface area (Å²) in [6.45, 7) is 0.463. The molecule has 5 rings (SSSR count). The van der Waals surface area contributed by atoms with Gasteiger partial charge in [0.05, 0.1) is 10.0 Å². The van der Waals surface area contributed by atoms with E-state index < -0.39 is 7.54 Å². The maximum absolute atomic E-state index is 9.67. The molecule has 0 spiro atoms. The Kier molecular flexibility index (Phi) is 6.96. The zero-order valence-electron chi connectivity index (χ0n) is 15.1. The van der Waals surface area contributed by atoms with Crippen molar-refractivity contribution in [3.63, 3.8) is 0 Å². The van der Waals surface area contributed by atoms with Crippen molar-refractivity contribution in [3.8, 4) is 5.69 Å². The predicted molar refractivity (Wildman–Crippen MR) is 105 cm³/mol. The highest BCUT2D eigenvalue weighted by Crippen LogP contribution is 2.36. The van der Waals surface area contributed by atoms with Gasteiger partial charge in [0.2, 0.25) is 6.33 Å². The summed E-state index contributed by atoms with van der Waals surface area (Å²) in [7, 11) is -3.67. The van der Waals surface area contributed by atoms with Crippen molar-refractivity contribution in [3.05, 3.63) is 74.7 Å². The summed E-state index contributed by atoms with van der Waals surface area (Å²) in [4.78, 5) is 0. The van der Waals surface area contributed by atoms with E-state index in [4.69, 9.17) is 39.5 Å². The molecule has 2 aromatic carbocycles. The molecule has 0 N–H and O–H groups in total. The van der Waals surface area contributed by atoms with Gasteiger partial charge in [-0.1, -0.05) is 63.8 Å². The molecule has 1 aliphatic carbocycles. The van der Waals surface area contributed by atoms with E-state index in [0.29, 0.717) is 27.4 Å². The molecule has 0 fully saturated rings. The number of hydrogen-bond acceptors (Lipinski definition) is 2. The minimum atomic E-state index is -3.67. The van der Waals surface area contributed by atoms with Crippen molar-refractivity contribution >= 4 is 42.3 Å². The summed E-state index contributed by atoms with van der Waals surface area (Å²) in [5, 5.41) is 6.07. The van der Waals surface area contributed by atoms with Crippen LogP contribution in [0.1, 0.15) is 23.0 Å². The summed E-state index contributed by atoms with van der Waals surface area (Å²) in [5.74, 6) is 0.847. The maximum Gasteiger partial charge on any atom is 0.762 e. The quantitative estimate of drug-likeness (QED) is 0.303. The number of fused-ring (bicyclic) bond motifs is 5. The molecule has 2 atom stereocenters. The Hall–Kier alpha value is -1.81. The highest BCUT2D eigenvalue weighted by atomic mass is 35.5. The summed E-state index contributed by atoms with van der Waals surface area (Å²) >= 11 is 18.7. The van der Waals surface area contributed by atoms with E-state index in [2.05, 4.69) is 33.9 Å². The van der Waals surface area contributed by atoms with Crippen molar-refractivity contribution in [1.29, 1.82) is 0 Å². The van der Waals surface area contributed by atoms with Gasteiger partial charge in [-0.25, -0.2) is 4.57 Å². The lowest BCUT2D eigenvalue weighted by atomic mass is 10.1. The standard InChI is InChI=1S/C18H13Cl3N3O.BF3.FH/c19-11-6-13(20)18(14(21)7-11)24-9-23-16(22-24)8-25-15-5-10-3-1-2-4-12(10)17(15)23;2-1(3)4;/h1-4,6-7,9,15,17H,5,8H2;;1H/q+1;;/p-1. The van der Waals surface area contributed by atoms with Crippen molar-refractivity contribution in [2.75, 3.05) is 0 Å². The lowest BCUT2D eigenvalue weighted by molar-refractivity contribution is -0.739. The average Bonchev–Trinajstić information content (AvgIpc) is 3.20. The first-order valence-corrected chi connectivity index (χ1v) is 9.74. The average molecular weight is 480 g/mol. The number of aromatic nitrogens is 3. The van der Waals surface area contributed by atoms with Crippen molar-refractivity contribution < 1.29 is 27.0 Å². The SMILES string of the molecule is Clc1cc(Cl)c(-n2c[n+]3c(n2)COC2Cc4ccccc4C23)c(Cl)c1.FB(F)F.[F-]. The second-order valence-corrected chi connectivity index (χ2v) is 7.80. The molecule has 2 heterocycles. The monoisotopic (exact) mass is 479 g/mol. The zero-order chi connectivity index (χ0) is 20.7. The van der Waals surface area contributed by atoms with Crippen LogP contribution in [0.3, 0.4) is 0 Å². The van der Waals surface area contributed by atoms with Crippen LogP contribution < -0.4 is 9.27 Å². The normalized spacial score (nSPS) is 18.3. The zero-order valence-corrected chi connectivity index (χ0v) is 17.4. The van der Waals surface area contributed by atoms with E-state index in [0.717, 1.165) is 12.2 Å². The van der Waals surface area contributed by atoms with E-state index in [1.165, 1.54) is 11.1 Å². The Bertz CT molecular complexity index is 1040. The summed E-state index contributed by atoms with van der Waals surface area (Å²) in [5.41, 5.74) is 3.23. The van der Waals surface area contributed by atoms with Crippen LogP contribution in [0.25, 0.3) is 5.69 Å². The first-order chi connectivity index (χ1) is 13.8. The van der Waals surface area contributed by atoms with Gasteiger partial charge >= 0.3 is 13.4 Å². The smallest absolute Gasteiger partial charge is 0.762 e. The van der Waals surface area contributed by atoms with Crippen molar-refractivity contribution in [1.82, 2.24) is 9.78 Å². The van der Waals surface area contributed by atoms with Gasteiger partial charge in [-0.2, -0.15) is 0 Å². The molecule has 0 bridgehead atoms. The van der Waals surface area contributed by atoms with E-state index >= 15 is 0 Å². The first-order valence-electron chi connectivity index (χ1n) is 8.61. The summed E-state index contributed by atoms with van der Waals surface area (Å²) in [6, 6.07) is 11.9. The Labute approximate surface area is 184 Å². The number of benzene rings is 2. The molecule has 0 saturated carbocycles. The Morgan fingerprint density at radius 2 is 1.73 bits per heavy atom. The Morgan fingerprint density at radius 3 is 2.40 bits per heavy atom. The largest absolute Gasteiger partial charge is 1.00 e. The van der Waals surface area contributed by atoms with E-state index in [1.54, 1.807) is 16.8 Å². The van der Waals surface area contributed by atoms with Crippen LogP contribution in [-0.4, -0.2) is 23.4 Å². The van der Waals surface area contributed by atoms with Gasteiger partial charge in [-0.15, -0.1) is 0 Å². The fourth-order valence-electron chi connectivity index (χ4n) is 3.78. The van der Waals surface area contributed by atoms with Crippen molar-refractivity contribution in [2.45, 2.75) is 25.2 Å². The molecule has 0 amide bonds. The van der Waals surface area contributed by atoms with Crippen LogP contribution in [0.5, 0.6) is 0 Å². The highest BCUT2D eigenvalue weighted by Gasteiger charge is 2.43. The third-order valence-electron chi connectivity index (χ3n) is 4.84. The van der Waals surface area contributed by atoms with Gasteiger partial charge < -0.3 is 9.44 Å². The minimum Gasteiger partial charge on any atom is -1.00 e. The third-order valence-corrected chi connectivity index (χ3v) is 5.63. The molecule has 0 saturated heterocycles. The van der Waals surface area contributed by atoms with E-state index in [-0.39, 0.29) is 16.9 Å². The number of rotatable bonds is 1. The third kappa shape index (κ3) is 4.30. The van der Waals surface area contributed by atoms with Crippen LogP contribution >= 0.6 is 34.8 Å².